The molecule has 1 aliphatic carbocycles. The molecule has 0 saturated carbocycles. The quantitative estimate of drug-likeness (QED) is 0.814. The maximum Gasteiger partial charge on any atom is 0.416 e. The summed E-state index contributed by atoms with van der Waals surface area (Å²) in [4.78, 5) is 0. The molecule has 0 bridgehead atoms. The van der Waals surface area contributed by atoms with Gasteiger partial charge in [0.1, 0.15) is 0 Å². The number of nitrogens with two attached hydrogens (primary N) is 1. The van der Waals surface area contributed by atoms with Gasteiger partial charge in [0.15, 0.2) is 0 Å². The molecule has 3 rings (SSSR count). The van der Waals surface area contributed by atoms with E-state index in [2.05, 4.69) is 6.07 Å². The van der Waals surface area contributed by atoms with Gasteiger partial charge in [-0.2, -0.15) is 13.2 Å². The zero-order chi connectivity index (χ0) is 15.2. The van der Waals surface area contributed by atoms with Crippen LogP contribution in [0, 0.1) is 6.92 Å². The smallest absolute Gasteiger partial charge is 0.324 e. The predicted molar refractivity (Wildman–Crippen MR) is 76.9 cm³/mol. The summed E-state index contributed by atoms with van der Waals surface area (Å²) in [5.74, 6) is 0. The van der Waals surface area contributed by atoms with Crippen molar-refractivity contribution in [3.05, 3.63) is 58.7 Å². The minimum atomic E-state index is -4.30. The molecule has 1 aliphatic rings. The van der Waals surface area contributed by atoms with Crippen LogP contribution in [0.15, 0.2) is 36.4 Å². The Kier molecular flexibility index (Phi) is 3.29. The van der Waals surface area contributed by atoms with E-state index in [4.69, 9.17) is 5.73 Å². The van der Waals surface area contributed by atoms with Gasteiger partial charge in [-0.1, -0.05) is 24.3 Å². The molecule has 21 heavy (non-hydrogen) atoms. The van der Waals surface area contributed by atoms with E-state index in [1.807, 2.05) is 12.1 Å². The monoisotopic (exact) mass is 291 g/mol. The summed E-state index contributed by atoms with van der Waals surface area (Å²) in [5.41, 5.74) is 10.2. The molecule has 0 heterocycles. The molecule has 0 fully saturated rings. The fraction of sp³-hybridized carbons (Fsp3) is 0.294. The number of aryl methyl sites for hydroxylation is 2. The van der Waals surface area contributed by atoms with Crippen LogP contribution in [0.4, 0.5) is 13.2 Å². The molecule has 0 spiro atoms. The van der Waals surface area contributed by atoms with E-state index in [1.54, 1.807) is 13.0 Å². The number of rotatable bonds is 1. The molecule has 1 unspecified atom stereocenters. The van der Waals surface area contributed by atoms with Crippen molar-refractivity contribution in [2.24, 2.45) is 5.73 Å². The third-order valence-corrected chi connectivity index (χ3v) is 4.13. The molecule has 2 aromatic rings. The summed E-state index contributed by atoms with van der Waals surface area (Å²) < 4.78 is 38.1. The normalized spacial score (nSPS) is 17.9. The summed E-state index contributed by atoms with van der Waals surface area (Å²) >= 11 is 0. The highest BCUT2D eigenvalue weighted by Gasteiger charge is 2.30. The van der Waals surface area contributed by atoms with Gasteiger partial charge in [0, 0.05) is 6.04 Å². The van der Waals surface area contributed by atoms with Crippen molar-refractivity contribution in [2.45, 2.75) is 32.0 Å². The molecular weight excluding hydrogens is 275 g/mol. The van der Waals surface area contributed by atoms with Gasteiger partial charge in [0.05, 0.1) is 5.56 Å². The first-order chi connectivity index (χ1) is 9.86. The molecule has 2 N–H and O–H groups in total. The Morgan fingerprint density at radius 1 is 1.10 bits per heavy atom. The standard InChI is InChI=1S/C17H16F3N/c1-10-8-13(17(18,19)20)4-6-14(10)11-2-5-15-12(9-11)3-7-16(15)21/h2,4-6,8-9,16H,3,7,21H2,1H3. The molecule has 0 radical (unpaired) electrons. The molecule has 0 amide bonds. The van der Waals surface area contributed by atoms with Crippen LogP contribution in [0.3, 0.4) is 0 Å². The van der Waals surface area contributed by atoms with Crippen molar-refractivity contribution < 1.29 is 13.2 Å². The van der Waals surface area contributed by atoms with Gasteiger partial charge >= 0.3 is 6.18 Å². The van der Waals surface area contributed by atoms with Crippen LogP contribution in [0.1, 0.15) is 34.7 Å². The number of hydrogen-bond donors (Lipinski definition) is 1. The van der Waals surface area contributed by atoms with Gasteiger partial charge in [0.25, 0.3) is 0 Å². The van der Waals surface area contributed by atoms with E-state index < -0.39 is 11.7 Å². The van der Waals surface area contributed by atoms with Crippen molar-refractivity contribution in [3.8, 4) is 11.1 Å². The van der Waals surface area contributed by atoms with Crippen molar-refractivity contribution in [1.82, 2.24) is 0 Å². The summed E-state index contributed by atoms with van der Waals surface area (Å²) in [6.07, 6.45) is -2.43. The number of halogens is 3. The molecule has 0 saturated heterocycles. The van der Waals surface area contributed by atoms with Crippen LogP contribution in [-0.4, -0.2) is 0 Å². The highest BCUT2D eigenvalue weighted by Crippen LogP contribution is 2.36. The van der Waals surface area contributed by atoms with Gasteiger partial charge in [-0.3, -0.25) is 0 Å². The lowest BCUT2D eigenvalue weighted by Gasteiger charge is -2.13. The molecule has 1 atom stereocenters. The SMILES string of the molecule is Cc1cc(C(F)(F)F)ccc1-c1ccc2c(c1)CCC2N. The molecule has 2 aromatic carbocycles. The van der Waals surface area contributed by atoms with Crippen molar-refractivity contribution in [1.29, 1.82) is 0 Å². The van der Waals surface area contributed by atoms with Gasteiger partial charge in [-0.25, -0.2) is 0 Å². The van der Waals surface area contributed by atoms with Crippen LogP contribution >= 0.6 is 0 Å². The number of benzene rings is 2. The average molecular weight is 291 g/mol. The van der Waals surface area contributed by atoms with Crippen LogP contribution in [0.25, 0.3) is 11.1 Å². The van der Waals surface area contributed by atoms with E-state index in [0.717, 1.165) is 35.6 Å². The van der Waals surface area contributed by atoms with Crippen LogP contribution in [-0.2, 0) is 12.6 Å². The van der Waals surface area contributed by atoms with Crippen LogP contribution in [0.5, 0.6) is 0 Å². The highest BCUT2D eigenvalue weighted by atomic mass is 19.4. The first-order valence-corrected chi connectivity index (χ1v) is 6.93. The molecule has 0 aromatic heterocycles. The highest BCUT2D eigenvalue weighted by molar-refractivity contribution is 5.69. The van der Waals surface area contributed by atoms with E-state index in [1.165, 1.54) is 11.6 Å². The Balaban J connectivity index is 2.02. The van der Waals surface area contributed by atoms with E-state index >= 15 is 0 Å². The molecule has 110 valence electrons. The van der Waals surface area contributed by atoms with Gasteiger partial charge in [-0.05, 0) is 59.7 Å². The molecule has 1 nitrogen and oxygen atoms in total. The first kappa shape index (κ1) is 14.1. The summed E-state index contributed by atoms with van der Waals surface area (Å²) in [6.45, 7) is 1.71. The Bertz CT molecular complexity index is 689. The predicted octanol–water partition coefficient (Wildman–Crippen LogP) is 4.63. The Morgan fingerprint density at radius 3 is 2.52 bits per heavy atom. The number of fused-ring (bicyclic) bond motifs is 1. The molecule has 4 heteroatoms. The lowest BCUT2D eigenvalue weighted by atomic mass is 9.95. The summed E-state index contributed by atoms with van der Waals surface area (Å²) in [6, 6.07) is 9.98. The van der Waals surface area contributed by atoms with Gasteiger partial charge in [-0.15, -0.1) is 0 Å². The van der Waals surface area contributed by atoms with Gasteiger partial charge in [0.2, 0.25) is 0 Å². The van der Waals surface area contributed by atoms with Crippen molar-refractivity contribution in [3.63, 3.8) is 0 Å². The van der Waals surface area contributed by atoms with Crippen LogP contribution < -0.4 is 5.73 Å². The second kappa shape index (κ2) is 4.88. The third-order valence-electron chi connectivity index (χ3n) is 4.13. The second-order valence-corrected chi connectivity index (χ2v) is 5.59. The van der Waals surface area contributed by atoms with E-state index in [9.17, 15) is 13.2 Å². The third kappa shape index (κ3) is 2.56. The minimum Gasteiger partial charge on any atom is -0.324 e. The first-order valence-electron chi connectivity index (χ1n) is 6.93. The van der Waals surface area contributed by atoms with Gasteiger partial charge < -0.3 is 5.73 Å². The fourth-order valence-electron chi connectivity index (χ4n) is 2.98. The minimum absolute atomic E-state index is 0.0859. The zero-order valence-electron chi connectivity index (χ0n) is 11.7. The van der Waals surface area contributed by atoms with Crippen molar-refractivity contribution in [2.75, 3.05) is 0 Å². The summed E-state index contributed by atoms with van der Waals surface area (Å²) in [7, 11) is 0. The lowest BCUT2D eigenvalue weighted by molar-refractivity contribution is -0.137. The Labute approximate surface area is 121 Å². The number of hydrogen-bond acceptors (Lipinski definition) is 1. The van der Waals surface area contributed by atoms with Crippen molar-refractivity contribution >= 4 is 0 Å². The maximum atomic E-state index is 12.7. The van der Waals surface area contributed by atoms with Crippen LogP contribution in [0.2, 0.25) is 0 Å². The molecular formula is C17H16F3N. The topological polar surface area (TPSA) is 26.0 Å². The summed E-state index contributed by atoms with van der Waals surface area (Å²) in [5, 5.41) is 0. The fourth-order valence-corrected chi connectivity index (χ4v) is 2.98. The largest absolute Gasteiger partial charge is 0.416 e. The lowest BCUT2D eigenvalue weighted by Crippen LogP contribution is -2.05. The Morgan fingerprint density at radius 2 is 1.86 bits per heavy atom. The second-order valence-electron chi connectivity index (χ2n) is 5.59. The average Bonchev–Trinajstić information content (AvgIpc) is 2.79. The maximum absolute atomic E-state index is 12.7. The van der Waals surface area contributed by atoms with E-state index in [0.29, 0.717) is 5.56 Å². The Hall–Kier alpha value is -1.81. The zero-order valence-corrected chi connectivity index (χ0v) is 11.7. The molecule has 0 aliphatic heterocycles. The number of alkyl halides is 3. The van der Waals surface area contributed by atoms with E-state index in [-0.39, 0.29) is 6.04 Å².